The van der Waals surface area contributed by atoms with Crippen LogP contribution in [0.5, 0.6) is 17.2 Å². The summed E-state index contributed by atoms with van der Waals surface area (Å²) in [6.45, 7) is 4.02. The van der Waals surface area contributed by atoms with Crippen molar-refractivity contribution in [1.82, 2.24) is 10.6 Å². The summed E-state index contributed by atoms with van der Waals surface area (Å²) in [6, 6.07) is 11.2. The molecular weight excluding hydrogens is 505 g/mol. The highest BCUT2D eigenvalue weighted by Gasteiger charge is 2.07. The van der Waals surface area contributed by atoms with Gasteiger partial charge in [0.05, 0.1) is 14.2 Å². The number of rotatable bonds is 9. The van der Waals surface area contributed by atoms with Crippen molar-refractivity contribution in [3.63, 3.8) is 0 Å². The van der Waals surface area contributed by atoms with Gasteiger partial charge in [0.15, 0.2) is 17.5 Å². The van der Waals surface area contributed by atoms with E-state index >= 15 is 0 Å². The third kappa shape index (κ3) is 7.81. The molecule has 0 aliphatic heterocycles. The van der Waals surface area contributed by atoms with E-state index in [0.717, 1.165) is 35.8 Å². The molecule has 0 radical (unpaired) electrons. The monoisotopic (exact) mass is 533 g/mol. The molecule has 0 saturated heterocycles. The third-order valence-electron chi connectivity index (χ3n) is 4.24. The van der Waals surface area contributed by atoms with Crippen molar-refractivity contribution in [3.05, 3.63) is 52.5 Å². The molecule has 0 spiro atoms. The van der Waals surface area contributed by atoms with E-state index in [4.69, 9.17) is 21.1 Å². The van der Waals surface area contributed by atoms with Crippen LogP contribution in [0.25, 0.3) is 0 Å². The number of nitrogens with one attached hydrogen (secondary N) is 2. The highest BCUT2D eigenvalue weighted by Crippen LogP contribution is 2.29. The number of methoxy groups -OCH3 is 2. The molecule has 2 aromatic carbocycles. The summed E-state index contributed by atoms with van der Waals surface area (Å²) in [6.07, 6.45) is 1.38. The highest BCUT2D eigenvalue weighted by atomic mass is 127. The summed E-state index contributed by atoms with van der Waals surface area (Å²) < 4.78 is 10.3. The maximum absolute atomic E-state index is 10.2. The lowest BCUT2D eigenvalue weighted by atomic mass is 10.1. The molecule has 2 aromatic rings. The molecule has 2 rings (SSSR count). The largest absolute Gasteiger partial charge is 0.504 e. The number of halogens is 2. The van der Waals surface area contributed by atoms with Crippen molar-refractivity contribution >= 4 is 41.5 Å². The quantitative estimate of drug-likeness (QED) is 0.258. The molecule has 3 N–H and O–H groups in total. The minimum atomic E-state index is 0. The smallest absolute Gasteiger partial charge is 0.191 e. The Hall–Kier alpha value is -1.87. The zero-order valence-electron chi connectivity index (χ0n) is 17.0. The number of para-hydroxylation sites is 1. The lowest BCUT2D eigenvalue weighted by Gasteiger charge is -2.13. The van der Waals surface area contributed by atoms with Crippen molar-refractivity contribution in [1.29, 1.82) is 0 Å². The van der Waals surface area contributed by atoms with Crippen LogP contribution >= 0.6 is 35.6 Å². The molecule has 8 heteroatoms. The minimum Gasteiger partial charge on any atom is -0.504 e. The van der Waals surface area contributed by atoms with Crippen LogP contribution in [0.4, 0.5) is 0 Å². The second-order valence-corrected chi connectivity index (χ2v) is 6.52. The Morgan fingerprint density at radius 2 is 1.86 bits per heavy atom. The van der Waals surface area contributed by atoms with Crippen LogP contribution in [0.3, 0.4) is 0 Å². The molecule has 0 fully saturated rings. The molecule has 0 heterocycles. The molecule has 0 saturated carbocycles. The summed E-state index contributed by atoms with van der Waals surface area (Å²) in [5, 5.41) is 17.4. The van der Waals surface area contributed by atoms with Crippen LogP contribution < -0.4 is 20.1 Å². The number of guanidine groups is 1. The van der Waals surface area contributed by atoms with Crippen molar-refractivity contribution in [2.75, 3.05) is 33.9 Å². The van der Waals surface area contributed by atoms with Crippen LogP contribution in [-0.2, 0) is 12.8 Å². The Labute approximate surface area is 194 Å². The molecule has 0 bridgehead atoms. The van der Waals surface area contributed by atoms with Gasteiger partial charge in [-0.15, -0.1) is 24.0 Å². The fourth-order valence-electron chi connectivity index (χ4n) is 2.74. The Balaban J connectivity index is 0.00000420. The predicted octanol–water partition coefficient (Wildman–Crippen LogP) is 4.02. The second-order valence-electron chi connectivity index (χ2n) is 6.11. The average Bonchev–Trinajstić information content (AvgIpc) is 2.70. The van der Waals surface area contributed by atoms with Gasteiger partial charge in [-0.3, -0.25) is 4.99 Å². The first-order chi connectivity index (χ1) is 13.6. The number of hydrogen-bond donors (Lipinski definition) is 3. The first-order valence-electron chi connectivity index (χ1n) is 9.28. The van der Waals surface area contributed by atoms with E-state index in [1.165, 1.54) is 0 Å². The summed E-state index contributed by atoms with van der Waals surface area (Å²) in [7, 11) is 3.16. The van der Waals surface area contributed by atoms with E-state index in [-0.39, 0.29) is 29.7 Å². The summed E-state index contributed by atoms with van der Waals surface area (Å²) in [5.74, 6) is 2.14. The second kappa shape index (κ2) is 13.4. The number of ether oxygens (including phenoxy) is 2. The Bertz CT molecular complexity index is 803. The number of phenolic OH excluding ortho intramolecular Hbond substituents is 1. The van der Waals surface area contributed by atoms with Gasteiger partial charge in [0.1, 0.15) is 5.75 Å². The van der Waals surface area contributed by atoms with Gasteiger partial charge in [-0.1, -0.05) is 29.8 Å². The van der Waals surface area contributed by atoms with E-state index in [1.54, 1.807) is 20.3 Å². The van der Waals surface area contributed by atoms with Crippen molar-refractivity contribution < 1.29 is 14.6 Å². The van der Waals surface area contributed by atoms with Gasteiger partial charge in [-0.2, -0.15) is 0 Å². The Morgan fingerprint density at radius 3 is 2.52 bits per heavy atom. The van der Waals surface area contributed by atoms with E-state index < -0.39 is 0 Å². The van der Waals surface area contributed by atoms with E-state index in [2.05, 4.69) is 15.6 Å². The zero-order chi connectivity index (χ0) is 20.4. The first kappa shape index (κ1) is 25.2. The van der Waals surface area contributed by atoms with Gasteiger partial charge in [0, 0.05) is 24.7 Å². The minimum absolute atomic E-state index is 0. The lowest BCUT2D eigenvalue weighted by molar-refractivity contribution is 0.370. The molecule has 160 valence electrons. The van der Waals surface area contributed by atoms with Gasteiger partial charge < -0.3 is 25.2 Å². The fourth-order valence-corrected chi connectivity index (χ4v) is 3.00. The van der Waals surface area contributed by atoms with Crippen LogP contribution in [0.15, 0.2) is 41.4 Å². The predicted molar refractivity (Wildman–Crippen MR) is 129 cm³/mol. The van der Waals surface area contributed by atoms with Crippen LogP contribution in [0.1, 0.15) is 18.1 Å². The SMILES string of the molecule is CCNC(=NCCc1ccc(OC)cc1Cl)NCCc1cccc(OC)c1O.I. The maximum Gasteiger partial charge on any atom is 0.191 e. The molecule has 0 unspecified atom stereocenters. The summed E-state index contributed by atoms with van der Waals surface area (Å²) in [5.41, 5.74) is 1.86. The number of phenols is 1. The summed E-state index contributed by atoms with van der Waals surface area (Å²) in [4.78, 5) is 4.60. The first-order valence-corrected chi connectivity index (χ1v) is 9.66. The molecule has 0 aliphatic carbocycles. The van der Waals surface area contributed by atoms with E-state index in [9.17, 15) is 5.11 Å². The molecule has 0 aliphatic rings. The van der Waals surface area contributed by atoms with Crippen molar-refractivity contribution in [3.8, 4) is 17.2 Å². The van der Waals surface area contributed by atoms with Crippen molar-refractivity contribution in [2.45, 2.75) is 19.8 Å². The Morgan fingerprint density at radius 1 is 1.07 bits per heavy atom. The summed E-state index contributed by atoms with van der Waals surface area (Å²) >= 11 is 6.28. The van der Waals surface area contributed by atoms with Gasteiger partial charge in [-0.05, 0) is 49.1 Å². The normalized spacial score (nSPS) is 10.8. The highest BCUT2D eigenvalue weighted by molar-refractivity contribution is 14.0. The number of hydrogen-bond acceptors (Lipinski definition) is 4. The molecular formula is C21H29ClIN3O3. The zero-order valence-corrected chi connectivity index (χ0v) is 20.1. The standard InChI is InChI=1S/C21H28ClN3O3.HI/c1-4-23-21(24-12-10-15-8-9-17(27-2)14-18(15)22)25-13-11-16-6-5-7-19(28-3)20(16)26;/h5-9,14,26H,4,10-13H2,1-3H3,(H2,23,24,25);1H. The van der Waals surface area contributed by atoms with Gasteiger partial charge in [-0.25, -0.2) is 0 Å². The molecule has 0 aromatic heterocycles. The third-order valence-corrected chi connectivity index (χ3v) is 4.60. The number of aromatic hydroxyl groups is 1. The maximum atomic E-state index is 10.2. The lowest BCUT2D eigenvalue weighted by Crippen LogP contribution is -2.38. The molecule has 29 heavy (non-hydrogen) atoms. The average molecular weight is 534 g/mol. The molecule has 0 atom stereocenters. The van der Waals surface area contributed by atoms with Gasteiger partial charge in [0.2, 0.25) is 0 Å². The van der Waals surface area contributed by atoms with Gasteiger partial charge in [0.25, 0.3) is 0 Å². The van der Waals surface area contributed by atoms with Gasteiger partial charge >= 0.3 is 0 Å². The van der Waals surface area contributed by atoms with Crippen LogP contribution in [0, 0.1) is 0 Å². The topological polar surface area (TPSA) is 75.1 Å². The van der Waals surface area contributed by atoms with Crippen molar-refractivity contribution in [2.24, 2.45) is 4.99 Å². The number of benzene rings is 2. The van der Waals surface area contributed by atoms with Crippen LogP contribution in [-0.4, -0.2) is 44.9 Å². The fraction of sp³-hybridized carbons (Fsp3) is 0.381. The number of aliphatic imine (C=N–C) groups is 1. The molecule has 0 amide bonds. The number of nitrogens with zero attached hydrogens (tertiary/aromatic N) is 1. The Kier molecular flexibility index (Phi) is 11.6. The van der Waals surface area contributed by atoms with E-state index in [1.807, 2.05) is 37.3 Å². The molecule has 6 nitrogen and oxygen atoms in total. The van der Waals surface area contributed by atoms with Crippen LogP contribution in [0.2, 0.25) is 5.02 Å². The van der Waals surface area contributed by atoms with E-state index in [0.29, 0.717) is 30.3 Å².